The van der Waals surface area contributed by atoms with E-state index < -0.39 is 6.10 Å². The molecule has 7 heteroatoms. The van der Waals surface area contributed by atoms with Crippen LogP contribution < -0.4 is 4.74 Å². The van der Waals surface area contributed by atoms with Crippen molar-refractivity contribution in [3.8, 4) is 5.75 Å². The molecule has 0 aliphatic carbocycles. The highest BCUT2D eigenvalue weighted by Gasteiger charge is 2.25. The van der Waals surface area contributed by atoms with Crippen LogP contribution in [0.1, 0.15) is 25.3 Å². The smallest absolute Gasteiger partial charge is 0.275 e. The van der Waals surface area contributed by atoms with Crippen LogP contribution in [0.15, 0.2) is 34.4 Å². The molecule has 0 unspecified atom stereocenters. The molecule has 1 aromatic carbocycles. The van der Waals surface area contributed by atoms with Crippen LogP contribution in [0.5, 0.6) is 5.75 Å². The molecule has 0 bridgehead atoms. The van der Waals surface area contributed by atoms with Gasteiger partial charge in [-0.3, -0.25) is 9.63 Å². The molecule has 0 aliphatic rings. The Kier molecular flexibility index (Phi) is 11.5. The Morgan fingerprint density at radius 1 is 1.27 bits per heavy atom. The van der Waals surface area contributed by atoms with Crippen molar-refractivity contribution in [2.24, 2.45) is 0 Å². The van der Waals surface area contributed by atoms with Crippen molar-refractivity contribution in [2.75, 3.05) is 27.9 Å². The maximum Gasteiger partial charge on any atom is 0.275 e. The first-order chi connectivity index (χ1) is 12.5. The van der Waals surface area contributed by atoms with Gasteiger partial charge >= 0.3 is 0 Å². The zero-order valence-electron chi connectivity index (χ0n) is 15.8. The lowest BCUT2D eigenvalue weighted by atomic mass is 10.2. The molecule has 0 heterocycles. The predicted octanol–water partition coefficient (Wildman–Crippen LogP) is 3.73. The summed E-state index contributed by atoms with van der Waals surface area (Å²) in [5, 5.41) is 1.19. The number of hydrogen-bond acceptors (Lipinski definition) is 5. The Morgan fingerprint density at radius 2 is 1.96 bits per heavy atom. The third-order valence-corrected chi connectivity index (χ3v) is 4.26. The van der Waals surface area contributed by atoms with Crippen LogP contribution in [-0.2, 0) is 25.7 Å². The minimum absolute atomic E-state index is 0.118. The van der Waals surface area contributed by atoms with Crippen LogP contribution >= 0.6 is 22.6 Å². The number of halogens is 1. The largest absolute Gasteiger partial charge is 0.497 e. The van der Waals surface area contributed by atoms with Crippen LogP contribution in [0.25, 0.3) is 0 Å². The van der Waals surface area contributed by atoms with E-state index in [1.54, 1.807) is 14.2 Å². The second kappa shape index (κ2) is 13.1. The second-order valence-electron chi connectivity index (χ2n) is 5.60. The molecule has 26 heavy (non-hydrogen) atoms. The number of ether oxygens (including phenoxy) is 3. The van der Waals surface area contributed by atoms with Gasteiger partial charge in [0.05, 0.1) is 33.5 Å². The summed E-state index contributed by atoms with van der Waals surface area (Å²) in [7, 11) is 4.67. The van der Waals surface area contributed by atoms with Gasteiger partial charge in [-0.2, -0.15) is 0 Å². The van der Waals surface area contributed by atoms with Crippen LogP contribution in [-0.4, -0.2) is 51.1 Å². The molecule has 1 rings (SSSR count). The molecule has 0 saturated heterocycles. The molecule has 6 nitrogen and oxygen atoms in total. The Balaban J connectivity index is 2.56. The minimum Gasteiger partial charge on any atom is -0.497 e. The quantitative estimate of drug-likeness (QED) is 0.261. The topological polar surface area (TPSA) is 57.2 Å². The average Bonchev–Trinajstić information content (AvgIpc) is 2.68. The first kappa shape index (κ1) is 22.9. The number of benzene rings is 1. The number of carbonyl (C=O) groups excluding carboxylic acids is 1. The zero-order chi connectivity index (χ0) is 19.4. The summed E-state index contributed by atoms with van der Waals surface area (Å²) in [5.41, 5.74) is 1.04. The van der Waals surface area contributed by atoms with Crippen molar-refractivity contribution in [1.82, 2.24) is 5.06 Å². The molecule has 1 amide bonds. The molecule has 0 radical (unpaired) electrons. The molecule has 0 N–H and O–H groups in total. The van der Waals surface area contributed by atoms with E-state index in [2.05, 4.69) is 22.6 Å². The standard InChI is InChI=1S/C19H28INO5/c1-5-16(10-12-20)26-18(19(22)21(2)24-4)11-13-25-14-15-6-8-17(23-3)9-7-15/h6-10,12,16,18H,5,11,13-14H2,1-4H3/b12-10-/t16-,18-/m0/s1. The van der Waals surface area contributed by atoms with Gasteiger partial charge in [0.15, 0.2) is 0 Å². The lowest BCUT2D eigenvalue weighted by molar-refractivity contribution is -0.184. The van der Waals surface area contributed by atoms with Crippen molar-refractivity contribution in [3.63, 3.8) is 0 Å². The van der Waals surface area contributed by atoms with Crippen molar-refractivity contribution in [3.05, 3.63) is 40.0 Å². The Bertz CT molecular complexity index is 549. The number of carbonyl (C=O) groups is 1. The van der Waals surface area contributed by atoms with Crippen molar-refractivity contribution in [2.45, 2.75) is 38.6 Å². The van der Waals surface area contributed by atoms with Gasteiger partial charge < -0.3 is 14.2 Å². The van der Waals surface area contributed by atoms with Gasteiger partial charge in [-0.05, 0) is 34.3 Å². The predicted molar refractivity (Wildman–Crippen MR) is 109 cm³/mol. The first-order valence-electron chi connectivity index (χ1n) is 8.50. The molecule has 0 aromatic heterocycles. The molecule has 1 aromatic rings. The molecular formula is C19H28INO5. The van der Waals surface area contributed by atoms with Gasteiger partial charge in [-0.15, -0.1) is 0 Å². The molecule has 0 fully saturated rings. The summed E-state index contributed by atoms with van der Waals surface area (Å²) >= 11 is 2.14. The maximum absolute atomic E-state index is 12.4. The number of amides is 1. The number of hydrogen-bond donors (Lipinski definition) is 0. The highest BCUT2D eigenvalue weighted by Crippen LogP contribution is 2.14. The molecule has 0 saturated carbocycles. The Hall–Kier alpha value is -1.16. The van der Waals surface area contributed by atoms with E-state index in [0.717, 1.165) is 17.7 Å². The van der Waals surface area contributed by atoms with E-state index in [4.69, 9.17) is 19.0 Å². The van der Waals surface area contributed by atoms with E-state index in [9.17, 15) is 4.79 Å². The van der Waals surface area contributed by atoms with Crippen molar-refractivity contribution < 1.29 is 23.8 Å². The van der Waals surface area contributed by atoms with Gasteiger partial charge in [-0.1, -0.05) is 41.6 Å². The van der Waals surface area contributed by atoms with E-state index >= 15 is 0 Å². The fourth-order valence-corrected chi connectivity index (χ4v) is 2.68. The average molecular weight is 477 g/mol. The molecular weight excluding hydrogens is 449 g/mol. The van der Waals surface area contributed by atoms with Gasteiger partial charge in [0.1, 0.15) is 11.9 Å². The third kappa shape index (κ3) is 8.03. The van der Waals surface area contributed by atoms with Gasteiger partial charge in [0.2, 0.25) is 0 Å². The highest BCUT2D eigenvalue weighted by atomic mass is 127. The molecule has 0 spiro atoms. The second-order valence-corrected chi connectivity index (χ2v) is 6.32. The van der Waals surface area contributed by atoms with Crippen LogP contribution in [0.2, 0.25) is 0 Å². The Morgan fingerprint density at radius 3 is 2.50 bits per heavy atom. The van der Waals surface area contributed by atoms with Crippen molar-refractivity contribution in [1.29, 1.82) is 0 Å². The van der Waals surface area contributed by atoms with E-state index in [-0.39, 0.29) is 12.0 Å². The summed E-state index contributed by atoms with van der Waals surface area (Å²) < 4.78 is 18.7. The van der Waals surface area contributed by atoms with E-state index in [0.29, 0.717) is 19.6 Å². The monoisotopic (exact) mass is 477 g/mol. The van der Waals surface area contributed by atoms with Gasteiger partial charge in [0.25, 0.3) is 5.91 Å². The summed E-state index contributed by atoms with van der Waals surface area (Å²) in [6, 6.07) is 7.69. The van der Waals surface area contributed by atoms with Gasteiger partial charge in [0, 0.05) is 13.5 Å². The normalized spacial score (nSPS) is 13.6. The third-order valence-electron chi connectivity index (χ3n) is 3.84. The maximum atomic E-state index is 12.4. The number of methoxy groups -OCH3 is 1. The molecule has 0 aliphatic heterocycles. The molecule has 2 atom stereocenters. The van der Waals surface area contributed by atoms with Crippen LogP contribution in [0.3, 0.4) is 0 Å². The Labute approximate surface area is 169 Å². The number of nitrogens with zero attached hydrogens (tertiary/aromatic N) is 1. The van der Waals surface area contributed by atoms with E-state index in [1.807, 2.05) is 41.3 Å². The lowest BCUT2D eigenvalue weighted by Gasteiger charge is -2.25. The zero-order valence-corrected chi connectivity index (χ0v) is 18.0. The summed E-state index contributed by atoms with van der Waals surface area (Å²) in [5.74, 6) is 0.588. The summed E-state index contributed by atoms with van der Waals surface area (Å²) in [4.78, 5) is 17.4. The van der Waals surface area contributed by atoms with E-state index in [1.165, 1.54) is 12.2 Å². The fraction of sp³-hybridized carbons (Fsp3) is 0.526. The fourth-order valence-electron chi connectivity index (χ4n) is 2.21. The SMILES string of the molecule is CC[C@@H](/C=C\I)O[C@@H](CCOCc1ccc(OC)cc1)C(=O)N(C)OC. The summed E-state index contributed by atoms with van der Waals surface area (Å²) in [6.45, 7) is 2.89. The number of likely N-dealkylation sites (N-methyl/N-ethyl adjacent to an activating group) is 1. The molecule has 146 valence electrons. The van der Waals surface area contributed by atoms with Crippen molar-refractivity contribution >= 4 is 28.5 Å². The van der Waals surface area contributed by atoms with Crippen LogP contribution in [0.4, 0.5) is 0 Å². The highest BCUT2D eigenvalue weighted by molar-refractivity contribution is 14.1. The minimum atomic E-state index is -0.617. The number of rotatable bonds is 12. The number of hydroxylamine groups is 2. The lowest BCUT2D eigenvalue weighted by Crippen LogP contribution is -2.39. The van der Waals surface area contributed by atoms with Crippen LogP contribution in [0, 0.1) is 0 Å². The summed E-state index contributed by atoms with van der Waals surface area (Å²) in [6.07, 6.45) is 2.44. The van der Waals surface area contributed by atoms with Gasteiger partial charge in [-0.25, -0.2) is 5.06 Å². The first-order valence-corrected chi connectivity index (χ1v) is 9.74.